The Labute approximate surface area is 113 Å². The van der Waals surface area contributed by atoms with E-state index >= 15 is 0 Å². The van der Waals surface area contributed by atoms with E-state index in [1.165, 1.54) is 6.07 Å². The lowest BCUT2D eigenvalue weighted by Crippen LogP contribution is -2.10. The largest absolute Gasteiger partial charge is 0.419 e. The van der Waals surface area contributed by atoms with E-state index in [2.05, 4.69) is 10.3 Å². The quantitative estimate of drug-likeness (QED) is 0.869. The first-order chi connectivity index (χ1) is 9.41. The molecule has 0 saturated heterocycles. The molecule has 0 aliphatic rings. The highest BCUT2D eigenvalue weighted by Crippen LogP contribution is 2.33. The van der Waals surface area contributed by atoms with Crippen LogP contribution in [0.4, 0.5) is 23.2 Å². The fourth-order valence-corrected chi connectivity index (χ4v) is 1.83. The molecule has 108 valence electrons. The summed E-state index contributed by atoms with van der Waals surface area (Å²) < 4.78 is 52.7. The van der Waals surface area contributed by atoms with E-state index in [4.69, 9.17) is 0 Å². The summed E-state index contributed by atoms with van der Waals surface area (Å²) in [6.07, 6.45) is -1.43. The normalized spacial score (nSPS) is 11.7. The Kier molecular flexibility index (Phi) is 3.96. The molecule has 0 saturated carbocycles. The maximum Gasteiger partial charge on any atom is 0.419 e. The van der Waals surface area contributed by atoms with Gasteiger partial charge >= 0.3 is 6.18 Å². The molecule has 0 spiro atoms. The molecule has 2 rings (SSSR count). The fourth-order valence-electron chi connectivity index (χ4n) is 1.83. The first kappa shape index (κ1) is 14.4. The number of nitrogens with one attached hydrogen (secondary N) is 1. The number of aryl methyl sites for hydroxylation is 1. The molecule has 2 aromatic rings. The first-order valence-electron chi connectivity index (χ1n) is 6.01. The second-order valence-corrected chi connectivity index (χ2v) is 4.22. The third-order valence-electron chi connectivity index (χ3n) is 2.88. The Balaban J connectivity index is 2.15. The smallest absolute Gasteiger partial charge is 0.379 e. The number of hydrogen-bond donors (Lipinski definition) is 1. The maximum atomic E-state index is 13.1. The number of nitrogens with zero attached hydrogens (tertiary/aromatic N) is 2. The van der Waals surface area contributed by atoms with Crippen molar-refractivity contribution in [3.63, 3.8) is 0 Å². The minimum absolute atomic E-state index is 0.211. The highest BCUT2D eigenvalue weighted by Gasteiger charge is 2.34. The summed E-state index contributed by atoms with van der Waals surface area (Å²) in [5.74, 6) is -1.28. The van der Waals surface area contributed by atoms with Crippen LogP contribution in [0.15, 0.2) is 30.7 Å². The Hall–Kier alpha value is -2.05. The van der Waals surface area contributed by atoms with Crippen molar-refractivity contribution in [1.29, 1.82) is 0 Å². The number of benzene rings is 1. The topological polar surface area (TPSA) is 29.9 Å². The van der Waals surface area contributed by atoms with Crippen LogP contribution >= 0.6 is 0 Å². The highest BCUT2D eigenvalue weighted by molar-refractivity contribution is 5.47. The number of halogens is 4. The van der Waals surface area contributed by atoms with Crippen molar-refractivity contribution < 1.29 is 17.6 Å². The third kappa shape index (κ3) is 3.09. The molecule has 0 fully saturated rings. The third-order valence-corrected chi connectivity index (χ3v) is 2.88. The van der Waals surface area contributed by atoms with Gasteiger partial charge in [0, 0.05) is 18.4 Å². The minimum Gasteiger partial charge on any atom is -0.379 e. The average molecular weight is 287 g/mol. The van der Waals surface area contributed by atoms with Gasteiger partial charge in [-0.05, 0) is 25.1 Å². The number of imidazole rings is 1. The van der Waals surface area contributed by atoms with Gasteiger partial charge < -0.3 is 9.88 Å². The van der Waals surface area contributed by atoms with Crippen molar-refractivity contribution in [3.05, 3.63) is 47.8 Å². The van der Waals surface area contributed by atoms with E-state index in [0.29, 0.717) is 13.1 Å². The number of rotatable bonds is 4. The van der Waals surface area contributed by atoms with Gasteiger partial charge in [-0.2, -0.15) is 13.2 Å². The van der Waals surface area contributed by atoms with Crippen LogP contribution in [-0.4, -0.2) is 9.55 Å². The molecular formula is C13H13F4N3. The van der Waals surface area contributed by atoms with E-state index in [9.17, 15) is 17.6 Å². The molecule has 0 bridgehead atoms. The maximum absolute atomic E-state index is 13.1. The standard InChI is InChI=1S/C13H13F4N3/c1-2-20-8-18-6-10(20)7-19-9-3-4-12(14)11(5-9)13(15,16)17/h3-6,8,19H,2,7H2,1H3. The Bertz CT molecular complexity index is 590. The highest BCUT2D eigenvalue weighted by atomic mass is 19.4. The zero-order valence-corrected chi connectivity index (χ0v) is 10.7. The monoisotopic (exact) mass is 287 g/mol. The predicted octanol–water partition coefficient (Wildman–Crippen LogP) is 3.67. The molecule has 3 nitrogen and oxygen atoms in total. The van der Waals surface area contributed by atoms with Gasteiger partial charge in [0.15, 0.2) is 0 Å². The van der Waals surface area contributed by atoms with Crippen molar-refractivity contribution in [3.8, 4) is 0 Å². The van der Waals surface area contributed by atoms with Crippen LogP contribution in [0.25, 0.3) is 0 Å². The first-order valence-corrected chi connectivity index (χ1v) is 6.01. The van der Waals surface area contributed by atoms with E-state index in [0.717, 1.165) is 17.8 Å². The number of anilines is 1. The fraction of sp³-hybridized carbons (Fsp3) is 0.308. The SMILES string of the molecule is CCn1cncc1CNc1ccc(F)c(C(F)(F)F)c1. The molecule has 1 heterocycles. The van der Waals surface area contributed by atoms with Gasteiger partial charge in [-0.1, -0.05) is 0 Å². The second-order valence-electron chi connectivity index (χ2n) is 4.22. The Morgan fingerprint density at radius 1 is 1.30 bits per heavy atom. The van der Waals surface area contributed by atoms with Gasteiger partial charge in [-0.15, -0.1) is 0 Å². The van der Waals surface area contributed by atoms with E-state index in [1.54, 1.807) is 12.5 Å². The molecular weight excluding hydrogens is 274 g/mol. The molecule has 1 aromatic carbocycles. The molecule has 0 aliphatic heterocycles. The molecule has 0 unspecified atom stereocenters. The van der Waals surface area contributed by atoms with Crippen molar-refractivity contribution in [1.82, 2.24) is 9.55 Å². The van der Waals surface area contributed by atoms with E-state index < -0.39 is 17.6 Å². The zero-order valence-electron chi connectivity index (χ0n) is 10.7. The molecule has 20 heavy (non-hydrogen) atoms. The summed E-state index contributed by atoms with van der Waals surface area (Å²) >= 11 is 0. The van der Waals surface area contributed by atoms with Crippen molar-refractivity contribution in [2.75, 3.05) is 5.32 Å². The number of aromatic nitrogens is 2. The van der Waals surface area contributed by atoms with Crippen molar-refractivity contribution >= 4 is 5.69 Å². The van der Waals surface area contributed by atoms with Crippen molar-refractivity contribution in [2.24, 2.45) is 0 Å². The van der Waals surface area contributed by atoms with Crippen molar-refractivity contribution in [2.45, 2.75) is 26.2 Å². The molecule has 0 aliphatic carbocycles. The predicted molar refractivity (Wildman–Crippen MR) is 66.6 cm³/mol. The number of hydrogen-bond acceptors (Lipinski definition) is 2. The molecule has 0 amide bonds. The second kappa shape index (κ2) is 5.52. The summed E-state index contributed by atoms with van der Waals surface area (Å²) in [5, 5.41) is 2.83. The van der Waals surface area contributed by atoms with Gasteiger partial charge in [0.1, 0.15) is 5.82 Å². The summed E-state index contributed by atoms with van der Waals surface area (Å²) in [5.41, 5.74) is -0.223. The average Bonchev–Trinajstić information content (AvgIpc) is 2.84. The Morgan fingerprint density at radius 3 is 2.70 bits per heavy atom. The summed E-state index contributed by atoms with van der Waals surface area (Å²) in [4.78, 5) is 3.96. The minimum atomic E-state index is -4.70. The molecule has 1 N–H and O–H groups in total. The van der Waals surface area contributed by atoms with Gasteiger partial charge in [-0.3, -0.25) is 0 Å². The summed E-state index contributed by atoms with van der Waals surface area (Å²) in [6.45, 7) is 2.97. The van der Waals surface area contributed by atoms with E-state index in [-0.39, 0.29) is 5.69 Å². The molecule has 0 radical (unpaired) electrons. The van der Waals surface area contributed by atoms with Gasteiger partial charge in [-0.25, -0.2) is 9.37 Å². The van der Waals surface area contributed by atoms with Crippen LogP contribution in [-0.2, 0) is 19.3 Å². The lowest BCUT2D eigenvalue weighted by molar-refractivity contribution is -0.139. The van der Waals surface area contributed by atoms with E-state index in [1.807, 2.05) is 11.5 Å². The van der Waals surface area contributed by atoms with Gasteiger partial charge in [0.05, 0.1) is 24.1 Å². The molecule has 1 aromatic heterocycles. The van der Waals surface area contributed by atoms with Crippen LogP contribution in [0.1, 0.15) is 18.2 Å². The lowest BCUT2D eigenvalue weighted by atomic mass is 10.2. The lowest BCUT2D eigenvalue weighted by Gasteiger charge is -2.12. The van der Waals surface area contributed by atoms with Crippen LogP contribution < -0.4 is 5.32 Å². The molecule has 7 heteroatoms. The van der Waals surface area contributed by atoms with Crippen LogP contribution in [0.3, 0.4) is 0 Å². The summed E-state index contributed by atoms with van der Waals surface area (Å²) in [7, 11) is 0. The van der Waals surface area contributed by atoms with Crippen LogP contribution in [0, 0.1) is 5.82 Å². The molecule has 0 atom stereocenters. The van der Waals surface area contributed by atoms with Gasteiger partial charge in [0.25, 0.3) is 0 Å². The zero-order chi connectivity index (χ0) is 14.8. The Morgan fingerprint density at radius 2 is 2.05 bits per heavy atom. The number of alkyl halides is 3. The summed E-state index contributed by atoms with van der Waals surface area (Å²) in [6, 6.07) is 2.85. The van der Waals surface area contributed by atoms with Gasteiger partial charge in [0.2, 0.25) is 0 Å². The van der Waals surface area contributed by atoms with Crippen LogP contribution in [0.5, 0.6) is 0 Å². The van der Waals surface area contributed by atoms with Crippen LogP contribution in [0.2, 0.25) is 0 Å².